The zero-order chi connectivity index (χ0) is 20.1. The van der Waals surface area contributed by atoms with Gasteiger partial charge < -0.3 is 10.1 Å². The van der Waals surface area contributed by atoms with E-state index in [0.29, 0.717) is 18.8 Å². The van der Waals surface area contributed by atoms with Gasteiger partial charge in [-0.05, 0) is 43.2 Å². The number of hydrogen-bond acceptors (Lipinski definition) is 5. The monoisotopic (exact) mass is 422 g/mol. The number of esters is 1. The lowest BCUT2D eigenvalue weighted by Gasteiger charge is -2.16. The fraction of sp³-hybridized carbons (Fsp3) is 0.263. The average Bonchev–Trinajstić information content (AvgIpc) is 3.22. The van der Waals surface area contributed by atoms with Crippen LogP contribution in [0.5, 0.6) is 0 Å². The molecule has 7 nitrogen and oxygen atoms in total. The highest BCUT2D eigenvalue weighted by molar-refractivity contribution is 7.89. The van der Waals surface area contributed by atoms with Gasteiger partial charge in [0.05, 0.1) is 15.5 Å². The molecule has 0 spiro atoms. The lowest BCUT2D eigenvalue weighted by atomic mass is 10.2. The van der Waals surface area contributed by atoms with E-state index in [2.05, 4.69) is 5.32 Å². The van der Waals surface area contributed by atoms with Gasteiger partial charge in [-0.1, -0.05) is 29.8 Å². The first kappa shape index (κ1) is 20.3. The van der Waals surface area contributed by atoms with Crippen molar-refractivity contribution in [1.29, 1.82) is 0 Å². The Morgan fingerprint density at radius 3 is 2.50 bits per heavy atom. The number of benzene rings is 2. The maximum absolute atomic E-state index is 12.6. The van der Waals surface area contributed by atoms with Crippen LogP contribution in [0.2, 0.25) is 5.02 Å². The Morgan fingerprint density at radius 1 is 1.07 bits per heavy atom. The van der Waals surface area contributed by atoms with E-state index in [1.807, 2.05) is 0 Å². The molecular weight excluding hydrogens is 404 g/mol. The Balaban J connectivity index is 1.62. The van der Waals surface area contributed by atoms with Crippen molar-refractivity contribution in [2.24, 2.45) is 0 Å². The summed E-state index contributed by atoms with van der Waals surface area (Å²) in [5.41, 5.74) is 0.467. The first-order valence-corrected chi connectivity index (χ1v) is 10.5. The topological polar surface area (TPSA) is 92.8 Å². The molecule has 1 saturated heterocycles. The minimum Gasteiger partial charge on any atom is -0.452 e. The van der Waals surface area contributed by atoms with Gasteiger partial charge in [0, 0.05) is 18.8 Å². The molecular formula is C19H19ClN2O5S. The molecule has 1 heterocycles. The van der Waals surface area contributed by atoms with Crippen LogP contribution in [0.25, 0.3) is 0 Å². The van der Waals surface area contributed by atoms with Crippen LogP contribution in [0.15, 0.2) is 53.4 Å². The van der Waals surface area contributed by atoms with E-state index < -0.39 is 28.5 Å². The number of sulfonamides is 1. The van der Waals surface area contributed by atoms with E-state index in [0.717, 1.165) is 12.8 Å². The van der Waals surface area contributed by atoms with Crippen molar-refractivity contribution < 1.29 is 22.7 Å². The standard InChI is InChI=1S/C19H19ClN2O5S/c20-17-9-2-1-8-16(17)19(24)27-13-18(23)21-14-6-5-7-15(12-14)28(25,26)22-10-3-4-11-22/h1-2,5-9,12H,3-4,10-11,13H2,(H,21,23). The van der Waals surface area contributed by atoms with E-state index in [1.165, 1.54) is 22.5 Å². The second-order valence-electron chi connectivity index (χ2n) is 6.24. The molecule has 9 heteroatoms. The second-order valence-corrected chi connectivity index (χ2v) is 8.59. The molecule has 0 radical (unpaired) electrons. The minimum atomic E-state index is -3.58. The Hall–Kier alpha value is -2.42. The van der Waals surface area contributed by atoms with Crippen molar-refractivity contribution in [3.8, 4) is 0 Å². The number of nitrogens with zero attached hydrogens (tertiary/aromatic N) is 1. The van der Waals surface area contributed by atoms with Gasteiger partial charge in [-0.3, -0.25) is 4.79 Å². The normalized spacial score (nSPS) is 14.6. The van der Waals surface area contributed by atoms with Crippen LogP contribution in [0, 0.1) is 0 Å². The van der Waals surface area contributed by atoms with Crippen molar-refractivity contribution in [2.75, 3.05) is 25.0 Å². The molecule has 0 unspecified atom stereocenters. The van der Waals surface area contributed by atoms with Gasteiger partial charge in [0.15, 0.2) is 6.61 Å². The second kappa shape index (κ2) is 8.72. The minimum absolute atomic E-state index is 0.111. The van der Waals surface area contributed by atoms with E-state index in [4.69, 9.17) is 16.3 Å². The van der Waals surface area contributed by atoms with Crippen molar-refractivity contribution >= 4 is 39.2 Å². The molecule has 1 amide bonds. The van der Waals surface area contributed by atoms with Crippen LogP contribution in [0.1, 0.15) is 23.2 Å². The number of hydrogen-bond donors (Lipinski definition) is 1. The predicted molar refractivity (Wildman–Crippen MR) is 105 cm³/mol. The number of halogens is 1. The first-order valence-electron chi connectivity index (χ1n) is 8.69. The molecule has 1 aliphatic heterocycles. The Labute approximate surface area is 168 Å². The molecule has 28 heavy (non-hydrogen) atoms. The van der Waals surface area contributed by atoms with Gasteiger partial charge in [0.25, 0.3) is 5.91 Å². The third-order valence-electron chi connectivity index (χ3n) is 4.25. The molecule has 1 fully saturated rings. The van der Waals surface area contributed by atoms with Gasteiger partial charge in [-0.15, -0.1) is 0 Å². The first-order chi connectivity index (χ1) is 13.4. The van der Waals surface area contributed by atoms with Crippen LogP contribution in [-0.4, -0.2) is 44.3 Å². The van der Waals surface area contributed by atoms with Crippen molar-refractivity contribution in [2.45, 2.75) is 17.7 Å². The molecule has 148 valence electrons. The smallest absolute Gasteiger partial charge is 0.340 e. The summed E-state index contributed by atoms with van der Waals surface area (Å²) in [5, 5.41) is 2.76. The van der Waals surface area contributed by atoms with Crippen LogP contribution in [-0.2, 0) is 19.6 Å². The molecule has 0 bridgehead atoms. The van der Waals surface area contributed by atoms with Crippen LogP contribution in [0.4, 0.5) is 5.69 Å². The summed E-state index contributed by atoms with van der Waals surface area (Å²) in [6.45, 7) is 0.473. The van der Waals surface area contributed by atoms with E-state index in [9.17, 15) is 18.0 Å². The lowest BCUT2D eigenvalue weighted by Crippen LogP contribution is -2.28. The number of ether oxygens (including phenoxy) is 1. The summed E-state index contributed by atoms with van der Waals surface area (Å²) in [7, 11) is -3.58. The maximum Gasteiger partial charge on any atom is 0.340 e. The molecule has 2 aromatic carbocycles. The maximum atomic E-state index is 12.6. The Bertz CT molecular complexity index is 987. The molecule has 0 aromatic heterocycles. The Kier molecular flexibility index (Phi) is 6.33. The molecule has 1 N–H and O–H groups in total. The average molecular weight is 423 g/mol. The molecule has 3 rings (SSSR count). The summed E-state index contributed by atoms with van der Waals surface area (Å²) in [6.07, 6.45) is 1.68. The fourth-order valence-electron chi connectivity index (χ4n) is 2.84. The fourth-order valence-corrected chi connectivity index (χ4v) is 4.62. The van der Waals surface area contributed by atoms with Crippen molar-refractivity contribution in [3.05, 3.63) is 59.1 Å². The van der Waals surface area contributed by atoms with Crippen molar-refractivity contribution in [1.82, 2.24) is 4.31 Å². The summed E-state index contributed by atoms with van der Waals surface area (Å²) in [5.74, 6) is -1.30. The summed E-state index contributed by atoms with van der Waals surface area (Å²) in [4.78, 5) is 24.2. The highest BCUT2D eigenvalue weighted by Crippen LogP contribution is 2.23. The van der Waals surface area contributed by atoms with Gasteiger partial charge in [0.2, 0.25) is 10.0 Å². The number of anilines is 1. The highest BCUT2D eigenvalue weighted by atomic mass is 35.5. The summed E-state index contributed by atoms with van der Waals surface area (Å²) < 4.78 is 31.6. The SMILES string of the molecule is O=C(COC(=O)c1ccccc1Cl)Nc1cccc(S(=O)(=O)N2CCCC2)c1. The highest BCUT2D eigenvalue weighted by Gasteiger charge is 2.27. The Morgan fingerprint density at radius 2 is 1.79 bits per heavy atom. The zero-order valence-electron chi connectivity index (χ0n) is 14.9. The van der Waals surface area contributed by atoms with Gasteiger partial charge in [-0.2, -0.15) is 4.31 Å². The number of nitrogens with one attached hydrogen (secondary N) is 1. The molecule has 0 aliphatic carbocycles. The lowest BCUT2D eigenvalue weighted by molar-refractivity contribution is -0.119. The third-order valence-corrected chi connectivity index (χ3v) is 6.47. The molecule has 0 saturated carbocycles. The van der Waals surface area contributed by atoms with Crippen molar-refractivity contribution in [3.63, 3.8) is 0 Å². The summed E-state index contributed by atoms with van der Waals surface area (Å²) >= 11 is 5.92. The van der Waals surface area contributed by atoms with E-state index >= 15 is 0 Å². The van der Waals surface area contributed by atoms with E-state index in [1.54, 1.807) is 30.3 Å². The molecule has 0 atom stereocenters. The number of carbonyl (C=O) groups is 2. The number of carbonyl (C=O) groups excluding carboxylic acids is 2. The van der Waals surface area contributed by atoms with Crippen LogP contribution in [0.3, 0.4) is 0 Å². The largest absolute Gasteiger partial charge is 0.452 e. The van der Waals surface area contributed by atoms with Gasteiger partial charge in [-0.25, -0.2) is 13.2 Å². The number of amides is 1. The third kappa shape index (κ3) is 4.70. The van der Waals surface area contributed by atoms with Crippen LogP contribution < -0.4 is 5.32 Å². The predicted octanol–water partition coefficient (Wildman–Crippen LogP) is 2.92. The van der Waals surface area contributed by atoms with Gasteiger partial charge >= 0.3 is 5.97 Å². The zero-order valence-corrected chi connectivity index (χ0v) is 16.5. The van der Waals surface area contributed by atoms with Crippen LogP contribution >= 0.6 is 11.6 Å². The van der Waals surface area contributed by atoms with E-state index in [-0.39, 0.29) is 15.5 Å². The molecule has 2 aromatic rings. The summed E-state index contributed by atoms with van der Waals surface area (Å²) in [6, 6.07) is 12.3. The van der Waals surface area contributed by atoms with Gasteiger partial charge in [0.1, 0.15) is 0 Å². The quantitative estimate of drug-likeness (QED) is 0.722. The molecule has 1 aliphatic rings. The number of rotatable bonds is 6.